The van der Waals surface area contributed by atoms with E-state index < -0.39 is 0 Å². The Morgan fingerprint density at radius 3 is 3.05 bits per heavy atom. The molecular weight excluding hydrogens is 273 g/mol. The molecule has 0 aliphatic carbocycles. The third kappa shape index (κ3) is 2.63. The van der Waals surface area contributed by atoms with Crippen molar-refractivity contribution in [3.05, 3.63) is 53.6 Å². The van der Waals surface area contributed by atoms with Crippen molar-refractivity contribution in [2.75, 3.05) is 5.32 Å². The molecule has 0 radical (unpaired) electrons. The van der Waals surface area contributed by atoms with Crippen LogP contribution in [-0.4, -0.2) is 9.97 Å². The molecule has 2 aromatic heterocycles. The van der Waals surface area contributed by atoms with Crippen LogP contribution in [0, 0.1) is 5.82 Å². The first kappa shape index (κ1) is 13.0. The first-order valence-corrected chi connectivity index (χ1v) is 7.30. The van der Waals surface area contributed by atoms with Crippen LogP contribution < -0.4 is 5.32 Å². The molecule has 3 aromatic rings. The van der Waals surface area contributed by atoms with Crippen LogP contribution in [0.15, 0.2) is 36.5 Å². The molecule has 0 fully saturated rings. The summed E-state index contributed by atoms with van der Waals surface area (Å²) in [4.78, 5) is 8.82. The number of hydrogen-bond acceptors (Lipinski definition) is 4. The van der Waals surface area contributed by atoms with Crippen LogP contribution >= 0.6 is 11.3 Å². The SMILES string of the molecule is CCc1cccnc1CNc1nc2ccc(F)cc2s1. The van der Waals surface area contributed by atoms with Gasteiger partial charge in [-0.15, -0.1) is 0 Å². The van der Waals surface area contributed by atoms with Crippen molar-refractivity contribution in [1.82, 2.24) is 9.97 Å². The summed E-state index contributed by atoms with van der Waals surface area (Å²) in [5.74, 6) is -0.231. The third-order valence-electron chi connectivity index (χ3n) is 3.12. The fourth-order valence-corrected chi connectivity index (χ4v) is 2.97. The highest BCUT2D eigenvalue weighted by Gasteiger charge is 2.06. The Hall–Kier alpha value is -2.01. The van der Waals surface area contributed by atoms with Gasteiger partial charge in [-0.2, -0.15) is 0 Å². The molecule has 102 valence electrons. The number of halogens is 1. The predicted octanol–water partition coefficient (Wildman–Crippen LogP) is 4.00. The first-order chi connectivity index (χ1) is 9.76. The minimum atomic E-state index is -0.231. The van der Waals surface area contributed by atoms with Gasteiger partial charge in [-0.3, -0.25) is 4.98 Å². The number of hydrogen-bond donors (Lipinski definition) is 1. The van der Waals surface area contributed by atoms with E-state index in [1.165, 1.54) is 29.0 Å². The van der Waals surface area contributed by atoms with Crippen LogP contribution in [0.4, 0.5) is 9.52 Å². The molecule has 5 heteroatoms. The van der Waals surface area contributed by atoms with Crippen molar-refractivity contribution in [2.45, 2.75) is 19.9 Å². The monoisotopic (exact) mass is 287 g/mol. The van der Waals surface area contributed by atoms with Gasteiger partial charge >= 0.3 is 0 Å². The van der Waals surface area contributed by atoms with E-state index in [2.05, 4.69) is 28.3 Å². The van der Waals surface area contributed by atoms with E-state index in [0.717, 1.165) is 27.5 Å². The van der Waals surface area contributed by atoms with Gasteiger partial charge < -0.3 is 5.32 Å². The van der Waals surface area contributed by atoms with E-state index >= 15 is 0 Å². The average Bonchev–Trinajstić information content (AvgIpc) is 2.87. The Morgan fingerprint density at radius 2 is 2.20 bits per heavy atom. The lowest BCUT2D eigenvalue weighted by Gasteiger charge is -2.06. The zero-order valence-corrected chi connectivity index (χ0v) is 11.9. The van der Waals surface area contributed by atoms with E-state index in [0.29, 0.717) is 6.54 Å². The van der Waals surface area contributed by atoms with Crippen LogP contribution in [0.2, 0.25) is 0 Å². The highest BCUT2D eigenvalue weighted by Crippen LogP contribution is 2.26. The predicted molar refractivity (Wildman–Crippen MR) is 80.5 cm³/mol. The summed E-state index contributed by atoms with van der Waals surface area (Å²) >= 11 is 1.45. The molecule has 3 nitrogen and oxygen atoms in total. The van der Waals surface area contributed by atoms with E-state index in [4.69, 9.17) is 0 Å². The molecule has 1 aromatic carbocycles. The number of thiazole rings is 1. The van der Waals surface area contributed by atoms with Crippen LogP contribution in [-0.2, 0) is 13.0 Å². The molecule has 0 amide bonds. The number of nitrogens with one attached hydrogen (secondary N) is 1. The van der Waals surface area contributed by atoms with Gasteiger partial charge in [0.15, 0.2) is 5.13 Å². The lowest BCUT2D eigenvalue weighted by atomic mass is 10.1. The summed E-state index contributed by atoms with van der Waals surface area (Å²) in [6.45, 7) is 2.74. The van der Waals surface area contributed by atoms with Gasteiger partial charge in [0, 0.05) is 6.20 Å². The molecule has 0 aliphatic heterocycles. The zero-order chi connectivity index (χ0) is 13.9. The van der Waals surface area contributed by atoms with Gasteiger partial charge in [0.25, 0.3) is 0 Å². The average molecular weight is 287 g/mol. The molecule has 0 saturated heterocycles. The van der Waals surface area contributed by atoms with Crippen LogP contribution in [0.25, 0.3) is 10.2 Å². The largest absolute Gasteiger partial charge is 0.356 e. The number of anilines is 1. The molecule has 0 atom stereocenters. The quantitative estimate of drug-likeness (QED) is 0.788. The second-order valence-electron chi connectivity index (χ2n) is 4.45. The number of pyridine rings is 1. The number of fused-ring (bicyclic) bond motifs is 1. The molecule has 0 spiro atoms. The summed E-state index contributed by atoms with van der Waals surface area (Å²) in [5.41, 5.74) is 3.07. The Balaban J connectivity index is 1.79. The van der Waals surface area contributed by atoms with Crippen molar-refractivity contribution in [3.63, 3.8) is 0 Å². The van der Waals surface area contributed by atoms with Crippen molar-refractivity contribution < 1.29 is 4.39 Å². The Kier molecular flexibility index (Phi) is 3.60. The van der Waals surface area contributed by atoms with Crippen molar-refractivity contribution in [2.24, 2.45) is 0 Å². The summed E-state index contributed by atoms with van der Waals surface area (Å²) in [6, 6.07) is 8.67. The fraction of sp³-hybridized carbons (Fsp3) is 0.200. The molecule has 2 heterocycles. The maximum Gasteiger partial charge on any atom is 0.184 e. The third-order valence-corrected chi connectivity index (χ3v) is 4.10. The van der Waals surface area contributed by atoms with Gasteiger partial charge in [0.05, 0.1) is 22.5 Å². The van der Waals surface area contributed by atoms with E-state index in [-0.39, 0.29) is 5.82 Å². The van der Waals surface area contributed by atoms with Gasteiger partial charge in [-0.05, 0) is 36.2 Å². The molecule has 1 N–H and O–H groups in total. The normalized spacial score (nSPS) is 10.9. The maximum atomic E-state index is 13.1. The molecular formula is C15H14FN3S. The Bertz CT molecular complexity index is 739. The standard InChI is InChI=1S/C15H14FN3S/c1-2-10-4-3-7-17-13(10)9-18-15-19-12-6-5-11(16)8-14(12)20-15/h3-8H,2,9H2,1H3,(H,18,19). The van der Waals surface area contributed by atoms with Gasteiger partial charge in [-0.1, -0.05) is 24.3 Å². The van der Waals surface area contributed by atoms with E-state index in [1.54, 1.807) is 12.3 Å². The molecule has 0 aliphatic rings. The topological polar surface area (TPSA) is 37.8 Å². The first-order valence-electron chi connectivity index (χ1n) is 6.49. The maximum absolute atomic E-state index is 13.1. The minimum Gasteiger partial charge on any atom is -0.356 e. The molecule has 0 unspecified atom stereocenters. The minimum absolute atomic E-state index is 0.231. The second-order valence-corrected chi connectivity index (χ2v) is 5.48. The van der Waals surface area contributed by atoms with Crippen LogP contribution in [0.3, 0.4) is 0 Å². The van der Waals surface area contributed by atoms with Crippen LogP contribution in [0.1, 0.15) is 18.2 Å². The van der Waals surface area contributed by atoms with Gasteiger partial charge in [0.1, 0.15) is 5.82 Å². The van der Waals surface area contributed by atoms with Crippen molar-refractivity contribution >= 4 is 26.7 Å². The van der Waals surface area contributed by atoms with Crippen molar-refractivity contribution in [3.8, 4) is 0 Å². The lowest BCUT2D eigenvalue weighted by Crippen LogP contribution is -2.04. The summed E-state index contributed by atoms with van der Waals surface area (Å²) in [7, 11) is 0. The number of aromatic nitrogens is 2. The van der Waals surface area contributed by atoms with Gasteiger partial charge in [0.2, 0.25) is 0 Å². The van der Waals surface area contributed by atoms with Crippen molar-refractivity contribution in [1.29, 1.82) is 0 Å². The summed E-state index contributed by atoms with van der Waals surface area (Å²) in [5, 5.41) is 4.06. The molecule has 3 rings (SSSR count). The molecule has 20 heavy (non-hydrogen) atoms. The fourth-order valence-electron chi connectivity index (χ4n) is 2.09. The highest BCUT2D eigenvalue weighted by molar-refractivity contribution is 7.22. The summed E-state index contributed by atoms with van der Waals surface area (Å²) < 4.78 is 14.0. The number of rotatable bonds is 4. The number of aryl methyl sites for hydroxylation is 1. The van der Waals surface area contributed by atoms with E-state index in [1.807, 2.05) is 6.07 Å². The number of nitrogens with zero attached hydrogens (tertiary/aromatic N) is 2. The van der Waals surface area contributed by atoms with Gasteiger partial charge in [-0.25, -0.2) is 9.37 Å². The molecule has 0 saturated carbocycles. The lowest BCUT2D eigenvalue weighted by molar-refractivity contribution is 0.630. The molecule has 0 bridgehead atoms. The Labute approximate surface area is 120 Å². The summed E-state index contributed by atoms with van der Waals surface area (Å²) in [6.07, 6.45) is 2.75. The smallest absolute Gasteiger partial charge is 0.184 e. The second kappa shape index (κ2) is 5.54. The van der Waals surface area contributed by atoms with Crippen LogP contribution in [0.5, 0.6) is 0 Å². The highest BCUT2D eigenvalue weighted by atomic mass is 32.1. The Morgan fingerprint density at radius 1 is 1.30 bits per heavy atom. The zero-order valence-electron chi connectivity index (χ0n) is 11.1. The van der Waals surface area contributed by atoms with E-state index in [9.17, 15) is 4.39 Å². The number of benzene rings is 1.